The van der Waals surface area contributed by atoms with Crippen LogP contribution in [0.25, 0.3) is 10.2 Å². The third-order valence-corrected chi connectivity index (χ3v) is 9.17. The van der Waals surface area contributed by atoms with Crippen molar-refractivity contribution in [1.82, 2.24) is 15.3 Å². The van der Waals surface area contributed by atoms with Gasteiger partial charge in [0.05, 0.1) is 26.2 Å². The summed E-state index contributed by atoms with van der Waals surface area (Å²) in [5.41, 5.74) is 0.859. The van der Waals surface area contributed by atoms with Gasteiger partial charge in [-0.3, -0.25) is 4.79 Å². The Labute approximate surface area is 276 Å². The van der Waals surface area contributed by atoms with Crippen LogP contribution in [0.1, 0.15) is 37.6 Å². The van der Waals surface area contributed by atoms with Crippen molar-refractivity contribution in [2.75, 3.05) is 11.9 Å². The largest absolute Gasteiger partial charge is 0.515 e. The molecule has 246 valence electrons. The van der Waals surface area contributed by atoms with Gasteiger partial charge < -0.3 is 20.5 Å². The Morgan fingerprint density at radius 1 is 1.15 bits per heavy atom. The van der Waals surface area contributed by atoms with Gasteiger partial charge in [0.25, 0.3) is 0 Å². The highest BCUT2D eigenvalue weighted by atomic mass is 35.5. The van der Waals surface area contributed by atoms with E-state index in [4.69, 9.17) is 16.3 Å². The minimum atomic E-state index is -5.10. The first-order valence-corrected chi connectivity index (χ1v) is 15.4. The lowest BCUT2D eigenvalue weighted by molar-refractivity contribution is -0.907. The van der Waals surface area contributed by atoms with Crippen molar-refractivity contribution in [3.8, 4) is 17.6 Å². The average Bonchev–Trinajstić information content (AvgIpc) is 3.57. The average molecular weight is 691 g/mol. The van der Waals surface area contributed by atoms with Gasteiger partial charge in [-0.25, -0.2) is 18.8 Å². The number of ether oxygens (including phenoxy) is 1. The predicted molar refractivity (Wildman–Crippen MR) is 169 cm³/mol. The van der Waals surface area contributed by atoms with Crippen LogP contribution in [-0.4, -0.2) is 61.9 Å². The van der Waals surface area contributed by atoms with Crippen LogP contribution in [0.3, 0.4) is 0 Å². The standard InChI is InChI=1S/C32H28ClF4N5O4S/c1-31(2,3)42(30(44)45)15-21(41-29(43)32(35,36)37)12-22(42)8-9-23-14-25-27(47-23)28(39-17-38-25)40-20-7-10-26(24(33)13-20)46-16-18-5-4-6-19(34)11-18/h4-7,10-11,13-14,17,21-22H,12,15-16H2,1-3H3,(H2-,38,39,40,41,43,44,45)/p+1/t21-,22-,42?/m0/s1. The lowest BCUT2D eigenvalue weighted by atomic mass is 10.00. The highest BCUT2D eigenvalue weighted by Crippen LogP contribution is 2.38. The van der Waals surface area contributed by atoms with E-state index in [9.17, 15) is 32.3 Å². The van der Waals surface area contributed by atoms with Crippen molar-refractivity contribution in [3.05, 3.63) is 76.1 Å². The van der Waals surface area contributed by atoms with Crippen LogP contribution in [0.2, 0.25) is 5.02 Å². The van der Waals surface area contributed by atoms with Gasteiger partial charge >= 0.3 is 18.2 Å². The Bertz CT molecular complexity index is 1900. The number of hydrogen-bond donors (Lipinski definition) is 3. The van der Waals surface area contributed by atoms with Crippen molar-refractivity contribution in [2.45, 2.75) is 57.6 Å². The second-order valence-corrected chi connectivity index (χ2v) is 13.4. The Morgan fingerprint density at radius 3 is 2.57 bits per heavy atom. The minimum Gasteiger partial charge on any atom is -0.487 e. The van der Waals surface area contributed by atoms with Crippen LogP contribution in [0.15, 0.2) is 54.9 Å². The summed E-state index contributed by atoms with van der Waals surface area (Å²) in [5.74, 6) is 4.36. The molecule has 1 aliphatic heterocycles. The Morgan fingerprint density at radius 2 is 1.91 bits per heavy atom. The number of amides is 2. The highest BCUT2D eigenvalue weighted by molar-refractivity contribution is 7.20. The zero-order chi connectivity index (χ0) is 34.1. The molecule has 0 bridgehead atoms. The fourth-order valence-electron chi connectivity index (χ4n) is 5.56. The lowest BCUT2D eigenvalue weighted by Gasteiger charge is -2.43. The predicted octanol–water partition coefficient (Wildman–Crippen LogP) is 7.27. The number of aromatic nitrogens is 2. The third-order valence-electron chi connectivity index (χ3n) is 7.83. The number of quaternary nitrogens is 1. The van der Waals surface area contributed by atoms with Crippen molar-refractivity contribution in [2.24, 2.45) is 0 Å². The number of thiophene rings is 1. The number of fused-ring (bicyclic) bond motifs is 1. The molecule has 2 aromatic heterocycles. The molecule has 3 N–H and O–H groups in total. The van der Waals surface area contributed by atoms with E-state index in [0.717, 1.165) is 0 Å². The molecule has 9 nitrogen and oxygen atoms in total. The molecule has 2 amide bonds. The number of benzene rings is 2. The van der Waals surface area contributed by atoms with Crippen molar-refractivity contribution >= 4 is 56.7 Å². The first kappa shape index (κ1) is 33.9. The number of hydrogen-bond acceptors (Lipinski definition) is 7. The fourth-order valence-corrected chi connectivity index (χ4v) is 6.71. The summed E-state index contributed by atoms with van der Waals surface area (Å²) in [4.78, 5) is 33.5. The summed E-state index contributed by atoms with van der Waals surface area (Å²) >= 11 is 7.70. The lowest BCUT2D eigenvalue weighted by Crippen LogP contribution is -2.66. The second-order valence-electron chi connectivity index (χ2n) is 11.9. The van der Waals surface area contributed by atoms with E-state index in [1.807, 2.05) is 5.32 Å². The quantitative estimate of drug-likeness (QED) is 0.111. The van der Waals surface area contributed by atoms with Gasteiger partial charge in [-0.2, -0.15) is 18.0 Å². The number of nitrogens with one attached hydrogen (secondary N) is 2. The molecule has 3 atom stereocenters. The smallest absolute Gasteiger partial charge is 0.487 e. The summed E-state index contributed by atoms with van der Waals surface area (Å²) in [6.45, 7) is 4.88. The van der Waals surface area contributed by atoms with E-state index < -0.39 is 40.3 Å². The highest BCUT2D eigenvalue weighted by Gasteiger charge is 2.60. The van der Waals surface area contributed by atoms with E-state index in [1.165, 1.54) is 29.8 Å². The molecule has 1 unspecified atom stereocenters. The van der Waals surface area contributed by atoms with E-state index in [0.29, 0.717) is 42.9 Å². The number of nitrogens with zero attached hydrogens (tertiary/aromatic N) is 3. The number of halogens is 5. The maximum Gasteiger partial charge on any atom is 0.515 e. The van der Waals surface area contributed by atoms with Crippen LogP contribution in [0, 0.1) is 17.7 Å². The Balaban J connectivity index is 1.37. The molecule has 0 radical (unpaired) electrons. The molecule has 47 heavy (non-hydrogen) atoms. The molecular formula is C32H29ClF4N5O4S+. The van der Waals surface area contributed by atoms with Gasteiger partial charge in [0.1, 0.15) is 36.6 Å². The van der Waals surface area contributed by atoms with Gasteiger partial charge in [-0.15, -0.1) is 11.3 Å². The van der Waals surface area contributed by atoms with E-state index in [1.54, 1.807) is 57.2 Å². The third kappa shape index (κ3) is 7.27. The van der Waals surface area contributed by atoms with Crippen LogP contribution in [0.5, 0.6) is 5.75 Å². The maximum atomic E-state index is 13.5. The number of carbonyl (C=O) groups is 2. The number of rotatable bonds is 6. The van der Waals surface area contributed by atoms with Crippen LogP contribution >= 0.6 is 22.9 Å². The molecule has 0 spiro atoms. The molecule has 5 rings (SSSR count). The summed E-state index contributed by atoms with van der Waals surface area (Å²) in [6, 6.07) is 10.8. The number of carboxylic acid groups (broad SMARTS) is 1. The van der Waals surface area contributed by atoms with E-state index in [2.05, 4.69) is 27.1 Å². The van der Waals surface area contributed by atoms with Crippen LogP contribution in [-0.2, 0) is 11.4 Å². The fraction of sp³-hybridized carbons (Fsp3) is 0.312. The van der Waals surface area contributed by atoms with Crippen LogP contribution in [0.4, 0.5) is 33.9 Å². The molecule has 4 aromatic rings. The molecule has 0 saturated carbocycles. The van der Waals surface area contributed by atoms with Crippen molar-refractivity contribution in [3.63, 3.8) is 0 Å². The number of anilines is 2. The molecule has 0 aliphatic carbocycles. The Kier molecular flexibility index (Phi) is 9.36. The normalized spacial score (nSPS) is 19.6. The molecule has 3 heterocycles. The van der Waals surface area contributed by atoms with Gasteiger partial charge in [-0.05, 0) is 74.6 Å². The molecule has 1 saturated heterocycles. The summed E-state index contributed by atoms with van der Waals surface area (Å²) in [6.07, 6.45) is -5.07. The second kappa shape index (κ2) is 13.0. The van der Waals surface area contributed by atoms with Crippen molar-refractivity contribution in [1.29, 1.82) is 0 Å². The molecule has 15 heteroatoms. The van der Waals surface area contributed by atoms with E-state index in [-0.39, 0.29) is 25.4 Å². The van der Waals surface area contributed by atoms with Gasteiger partial charge in [0.2, 0.25) is 0 Å². The summed E-state index contributed by atoms with van der Waals surface area (Å²) in [5, 5.41) is 15.8. The monoisotopic (exact) mass is 690 g/mol. The first-order valence-electron chi connectivity index (χ1n) is 14.3. The zero-order valence-corrected chi connectivity index (χ0v) is 26.9. The van der Waals surface area contributed by atoms with Gasteiger partial charge in [0.15, 0.2) is 11.9 Å². The molecule has 2 aromatic carbocycles. The van der Waals surface area contributed by atoms with Gasteiger partial charge in [0, 0.05) is 12.1 Å². The summed E-state index contributed by atoms with van der Waals surface area (Å²) < 4.78 is 58.1. The molecular weight excluding hydrogens is 662 g/mol. The van der Waals surface area contributed by atoms with Gasteiger partial charge in [-0.1, -0.05) is 23.7 Å². The maximum absolute atomic E-state index is 13.5. The SMILES string of the molecule is CC(C)(C)[N+]1(C(=O)O)C[C@@H](NC(=O)C(F)(F)F)C[C@@H]1C#Cc1cc2ncnc(Nc3ccc(OCc4cccc(F)c4)c(Cl)c3)c2s1. The number of alkyl halides is 3. The van der Waals surface area contributed by atoms with E-state index >= 15 is 0 Å². The van der Waals surface area contributed by atoms with Crippen LogP contribution < -0.4 is 15.4 Å². The zero-order valence-electron chi connectivity index (χ0n) is 25.3. The minimum absolute atomic E-state index is 0.0847. The first-order chi connectivity index (χ1) is 22.1. The molecule has 1 fully saturated rings. The molecule has 1 aliphatic rings. The topological polar surface area (TPSA) is 113 Å². The van der Waals surface area contributed by atoms with Crippen molar-refractivity contribution < 1.29 is 41.5 Å². The Hall–Kier alpha value is -4.45. The number of likely N-dealkylation sites (tertiary alicyclic amines) is 1. The summed E-state index contributed by atoms with van der Waals surface area (Å²) in [7, 11) is 0. The number of carbonyl (C=O) groups excluding carboxylic acids is 1.